The van der Waals surface area contributed by atoms with Crippen molar-refractivity contribution < 1.29 is 4.79 Å². The van der Waals surface area contributed by atoms with E-state index < -0.39 is 0 Å². The van der Waals surface area contributed by atoms with Crippen molar-refractivity contribution in [2.45, 2.75) is 19.9 Å². The molecule has 19 heavy (non-hydrogen) atoms. The second-order valence-corrected chi connectivity index (χ2v) is 4.53. The Balaban J connectivity index is 2.11. The van der Waals surface area contributed by atoms with E-state index in [0.717, 1.165) is 5.69 Å². The monoisotopic (exact) mass is 255 g/mol. The molecule has 0 atom stereocenters. The number of para-hydroxylation sites is 1. The van der Waals surface area contributed by atoms with Crippen LogP contribution in [0, 0.1) is 0 Å². The first-order valence-electron chi connectivity index (χ1n) is 6.25. The maximum atomic E-state index is 12.1. The zero-order chi connectivity index (χ0) is 13.7. The van der Waals surface area contributed by atoms with Crippen LogP contribution in [0.1, 0.15) is 24.3 Å². The molecule has 0 bridgehead atoms. The Morgan fingerprint density at radius 3 is 2.47 bits per heavy atom. The van der Waals surface area contributed by atoms with Crippen molar-refractivity contribution in [2.24, 2.45) is 0 Å². The van der Waals surface area contributed by atoms with Gasteiger partial charge in [-0.1, -0.05) is 24.3 Å². The van der Waals surface area contributed by atoms with Crippen LogP contribution in [0.25, 0.3) is 0 Å². The third-order valence-corrected chi connectivity index (χ3v) is 2.45. The highest BCUT2D eigenvalue weighted by Gasteiger charge is 2.08. The van der Waals surface area contributed by atoms with E-state index in [4.69, 9.17) is 0 Å². The van der Waals surface area contributed by atoms with Crippen molar-refractivity contribution in [1.82, 2.24) is 4.98 Å². The van der Waals surface area contributed by atoms with Gasteiger partial charge in [-0.05, 0) is 38.1 Å². The first-order valence-corrected chi connectivity index (χ1v) is 6.25. The standard InChI is InChI=1S/C15H17N3O/c1-11(2)16-14-10-6-9-13(18-14)15(19)17-12-7-4-3-5-8-12/h3-11H,1-2H3,(H,16,18)(H,17,19). The Hall–Kier alpha value is -2.36. The summed E-state index contributed by atoms with van der Waals surface area (Å²) in [6.45, 7) is 4.05. The second kappa shape index (κ2) is 6.00. The molecule has 0 aliphatic heterocycles. The van der Waals surface area contributed by atoms with Gasteiger partial charge in [-0.25, -0.2) is 4.98 Å². The van der Waals surface area contributed by atoms with Crippen LogP contribution in [0.2, 0.25) is 0 Å². The predicted molar refractivity (Wildman–Crippen MR) is 77.4 cm³/mol. The van der Waals surface area contributed by atoms with E-state index in [2.05, 4.69) is 15.6 Å². The van der Waals surface area contributed by atoms with Crippen LogP contribution in [0.4, 0.5) is 11.5 Å². The van der Waals surface area contributed by atoms with Gasteiger partial charge in [-0.2, -0.15) is 0 Å². The number of aromatic nitrogens is 1. The van der Waals surface area contributed by atoms with Crippen molar-refractivity contribution in [3.8, 4) is 0 Å². The highest BCUT2D eigenvalue weighted by Crippen LogP contribution is 2.10. The Morgan fingerprint density at radius 2 is 1.79 bits per heavy atom. The lowest BCUT2D eigenvalue weighted by atomic mass is 10.3. The van der Waals surface area contributed by atoms with E-state index in [1.807, 2.05) is 56.3 Å². The van der Waals surface area contributed by atoms with Crippen molar-refractivity contribution >= 4 is 17.4 Å². The Morgan fingerprint density at radius 1 is 1.05 bits per heavy atom. The summed E-state index contributed by atoms with van der Waals surface area (Å²) in [6, 6.07) is 15.0. The molecule has 1 aromatic carbocycles. The fraction of sp³-hybridized carbons (Fsp3) is 0.200. The van der Waals surface area contributed by atoms with Crippen LogP contribution in [-0.2, 0) is 0 Å². The number of hydrogen-bond acceptors (Lipinski definition) is 3. The Bertz CT molecular complexity index is 552. The number of nitrogens with one attached hydrogen (secondary N) is 2. The predicted octanol–water partition coefficient (Wildman–Crippen LogP) is 3.15. The Kier molecular flexibility index (Phi) is 4.13. The molecule has 2 rings (SSSR count). The molecule has 0 saturated carbocycles. The molecule has 2 aromatic rings. The number of rotatable bonds is 4. The minimum atomic E-state index is -0.210. The lowest BCUT2D eigenvalue weighted by Gasteiger charge is -2.10. The average molecular weight is 255 g/mol. The van der Waals surface area contributed by atoms with Crippen molar-refractivity contribution in [3.63, 3.8) is 0 Å². The molecule has 1 amide bonds. The number of carbonyl (C=O) groups excluding carboxylic acids is 1. The molecule has 1 heterocycles. The van der Waals surface area contributed by atoms with Crippen LogP contribution in [0.3, 0.4) is 0 Å². The van der Waals surface area contributed by atoms with E-state index in [1.54, 1.807) is 6.07 Å². The highest BCUT2D eigenvalue weighted by atomic mass is 16.1. The van der Waals surface area contributed by atoms with Gasteiger partial charge in [0.25, 0.3) is 5.91 Å². The first kappa shape index (κ1) is 13.1. The molecule has 0 fully saturated rings. The summed E-state index contributed by atoms with van der Waals surface area (Å²) in [6.07, 6.45) is 0. The van der Waals surface area contributed by atoms with Crippen molar-refractivity contribution in [3.05, 3.63) is 54.2 Å². The van der Waals surface area contributed by atoms with Gasteiger partial charge >= 0.3 is 0 Å². The molecule has 4 heteroatoms. The van der Waals surface area contributed by atoms with Crippen LogP contribution < -0.4 is 10.6 Å². The number of hydrogen-bond donors (Lipinski definition) is 2. The summed E-state index contributed by atoms with van der Waals surface area (Å²) >= 11 is 0. The summed E-state index contributed by atoms with van der Waals surface area (Å²) in [7, 11) is 0. The number of carbonyl (C=O) groups is 1. The first-order chi connectivity index (χ1) is 9.15. The van der Waals surface area contributed by atoms with E-state index in [-0.39, 0.29) is 11.9 Å². The van der Waals surface area contributed by atoms with Gasteiger partial charge in [-0.15, -0.1) is 0 Å². The van der Waals surface area contributed by atoms with E-state index in [0.29, 0.717) is 11.5 Å². The lowest BCUT2D eigenvalue weighted by Crippen LogP contribution is -2.16. The molecule has 0 aliphatic rings. The SMILES string of the molecule is CC(C)Nc1cccc(C(=O)Nc2ccccc2)n1. The summed E-state index contributed by atoms with van der Waals surface area (Å²) in [5.74, 6) is 0.495. The number of amides is 1. The van der Waals surface area contributed by atoms with Gasteiger partial charge in [0.15, 0.2) is 0 Å². The average Bonchev–Trinajstić information content (AvgIpc) is 2.39. The fourth-order valence-corrected chi connectivity index (χ4v) is 1.65. The second-order valence-electron chi connectivity index (χ2n) is 4.53. The van der Waals surface area contributed by atoms with Crippen LogP contribution >= 0.6 is 0 Å². The number of nitrogens with zero attached hydrogens (tertiary/aromatic N) is 1. The van der Waals surface area contributed by atoms with Gasteiger partial charge < -0.3 is 10.6 Å². The third-order valence-electron chi connectivity index (χ3n) is 2.45. The molecular formula is C15H17N3O. The molecule has 0 aliphatic carbocycles. The maximum Gasteiger partial charge on any atom is 0.274 e. The van der Waals surface area contributed by atoms with Gasteiger partial charge in [-0.3, -0.25) is 4.79 Å². The maximum absolute atomic E-state index is 12.1. The van der Waals surface area contributed by atoms with Crippen molar-refractivity contribution in [2.75, 3.05) is 10.6 Å². The summed E-state index contributed by atoms with van der Waals surface area (Å²) in [5.41, 5.74) is 1.16. The molecule has 0 unspecified atom stereocenters. The van der Waals surface area contributed by atoms with Gasteiger partial charge in [0, 0.05) is 11.7 Å². The topological polar surface area (TPSA) is 54.0 Å². The molecule has 2 N–H and O–H groups in total. The molecule has 1 aromatic heterocycles. The lowest BCUT2D eigenvalue weighted by molar-refractivity contribution is 0.102. The zero-order valence-electron chi connectivity index (χ0n) is 11.1. The summed E-state index contributed by atoms with van der Waals surface area (Å²) < 4.78 is 0. The van der Waals surface area contributed by atoms with Crippen LogP contribution in [0.15, 0.2) is 48.5 Å². The van der Waals surface area contributed by atoms with Gasteiger partial charge in [0.2, 0.25) is 0 Å². The molecule has 0 radical (unpaired) electrons. The summed E-state index contributed by atoms with van der Waals surface area (Å²) in [4.78, 5) is 16.3. The Labute approximate surface area is 112 Å². The van der Waals surface area contributed by atoms with Gasteiger partial charge in [0.05, 0.1) is 0 Å². The third kappa shape index (κ3) is 3.81. The molecular weight excluding hydrogens is 238 g/mol. The summed E-state index contributed by atoms with van der Waals surface area (Å²) in [5, 5.41) is 5.98. The normalized spacial score (nSPS) is 10.3. The van der Waals surface area contributed by atoms with Gasteiger partial charge in [0.1, 0.15) is 11.5 Å². The van der Waals surface area contributed by atoms with Crippen molar-refractivity contribution in [1.29, 1.82) is 0 Å². The largest absolute Gasteiger partial charge is 0.368 e. The highest BCUT2D eigenvalue weighted by molar-refractivity contribution is 6.03. The minimum absolute atomic E-state index is 0.210. The molecule has 98 valence electrons. The number of anilines is 2. The van der Waals surface area contributed by atoms with E-state index in [1.165, 1.54) is 0 Å². The van der Waals surface area contributed by atoms with Crippen LogP contribution in [0.5, 0.6) is 0 Å². The molecule has 0 spiro atoms. The molecule has 0 saturated heterocycles. The number of pyridine rings is 1. The molecule has 4 nitrogen and oxygen atoms in total. The minimum Gasteiger partial charge on any atom is -0.368 e. The quantitative estimate of drug-likeness (QED) is 0.882. The van der Waals surface area contributed by atoms with E-state index >= 15 is 0 Å². The fourth-order valence-electron chi connectivity index (χ4n) is 1.65. The van der Waals surface area contributed by atoms with Crippen LogP contribution in [-0.4, -0.2) is 16.9 Å². The zero-order valence-corrected chi connectivity index (χ0v) is 11.1. The van der Waals surface area contributed by atoms with E-state index in [9.17, 15) is 4.79 Å². The smallest absolute Gasteiger partial charge is 0.274 e. The number of benzene rings is 1.